The van der Waals surface area contributed by atoms with Crippen LogP contribution in [0.2, 0.25) is 0 Å². The van der Waals surface area contributed by atoms with Gasteiger partial charge in [-0.2, -0.15) is 13.2 Å². The summed E-state index contributed by atoms with van der Waals surface area (Å²) in [7, 11) is 0. The van der Waals surface area contributed by atoms with Gasteiger partial charge in [0.25, 0.3) is 0 Å². The fraction of sp³-hybridized carbons (Fsp3) is 0.545. The Morgan fingerprint density at radius 3 is 2.55 bits per heavy atom. The molecule has 3 heterocycles. The molecule has 1 saturated heterocycles. The fourth-order valence-corrected chi connectivity index (χ4v) is 3.16. The predicted octanol–water partition coefficient (Wildman–Crippen LogP) is 2.59. The second-order valence-electron chi connectivity index (χ2n) is 4.61. The van der Waals surface area contributed by atoms with Gasteiger partial charge in [-0.3, -0.25) is 0 Å². The fourth-order valence-electron chi connectivity index (χ4n) is 2.27. The number of rotatable bonds is 2. The van der Waals surface area contributed by atoms with E-state index in [1.165, 1.54) is 0 Å². The summed E-state index contributed by atoms with van der Waals surface area (Å²) < 4.78 is 39.4. The Hall–Kier alpha value is -1.64. The summed E-state index contributed by atoms with van der Waals surface area (Å²) in [4.78, 5) is 5.57. The highest BCUT2D eigenvalue weighted by Crippen LogP contribution is 2.34. The van der Waals surface area contributed by atoms with Crippen molar-refractivity contribution in [2.45, 2.75) is 25.1 Å². The summed E-state index contributed by atoms with van der Waals surface area (Å²) in [6, 6.07) is 0.260. The number of hydrogen-bond donors (Lipinski definition) is 0. The molecule has 0 saturated carbocycles. The zero-order valence-electron chi connectivity index (χ0n) is 10.4. The number of alkyl halides is 3. The molecule has 0 aliphatic carbocycles. The van der Waals surface area contributed by atoms with Crippen LogP contribution < -0.4 is 4.90 Å². The van der Waals surface area contributed by atoms with Gasteiger partial charge in [-0.1, -0.05) is 5.21 Å². The maximum Gasteiger partial charge on any atom is 0.434 e. The van der Waals surface area contributed by atoms with Gasteiger partial charge in [-0.15, -0.1) is 16.4 Å². The van der Waals surface area contributed by atoms with Crippen molar-refractivity contribution < 1.29 is 13.2 Å². The molecular weight excluding hydrogens is 291 g/mol. The van der Waals surface area contributed by atoms with Gasteiger partial charge < -0.3 is 4.90 Å². The lowest BCUT2D eigenvalue weighted by molar-refractivity contribution is -0.140. The van der Waals surface area contributed by atoms with E-state index in [9.17, 15) is 13.2 Å². The van der Waals surface area contributed by atoms with Crippen molar-refractivity contribution >= 4 is 16.5 Å². The molecule has 1 fully saturated rings. The van der Waals surface area contributed by atoms with E-state index in [0.717, 1.165) is 29.6 Å². The quantitative estimate of drug-likeness (QED) is 0.855. The van der Waals surface area contributed by atoms with E-state index in [4.69, 9.17) is 0 Å². The molecule has 0 unspecified atom stereocenters. The van der Waals surface area contributed by atoms with Crippen molar-refractivity contribution in [2.24, 2.45) is 0 Å². The van der Waals surface area contributed by atoms with Gasteiger partial charge in [0.05, 0.1) is 12.2 Å². The Morgan fingerprint density at radius 1 is 1.25 bits per heavy atom. The van der Waals surface area contributed by atoms with Crippen molar-refractivity contribution in [1.29, 1.82) is 0 Å². The molecule has 0 bridgehead atoms. The van der Waals surface area contributed by atoms with Gasteiger partial charge in [0.15, 0.2) is 10.8 Å². The van der Waals surface area contributed by atoms with E-state index in [1.807, 2.05) is 11.1 Å². The number of hydrogen-bond acceptors (Lipinski definition) is 5. The summed E-state index contributed by atoms with van der Waals surface area (Å²) >= 11 is 1.04. The van der Waals surface area contributed by atoms with E-state index >= 15 is 0 Å². The lowest BCUT2D eigenvalue weighted by Gasteiger charge is -2.31. The third-order valence-electron chi connectivity index (χ3n) is 3.33. The molecule has 2 aromatic rings. The third kappa shape index (κ3) is 2.62. The van der Waals surface area contributed by atoms with Crippen LogP contribution in [0.15, 0.2) is 17.8 Å². The zero-order chi connectivity index (χ0) is 14.2. The largest absolute Gasteiger partial charge is 0.434 e. The number of anilines is 1. The molecule has 9 heteroatoms. The zero-order valence-corrected chi connectivity index (χ0v) is 11.2. The van der Waals surface area contributed by atoms with Gasteiger partial charge in [0.2, 0.25) is 0 Å². The highest BCUT2D eigenvalue weighted by atomic mass is 32.1. The van der Waals surface area contributed by atoms with Crippen LogP contribution in [0.5, 0.6) is 0 Å². The van der Waals surface area contributed by atoms with E-state index in [2.05, 4.69) is 15.3 Å². The number of thiazole rings is 1. The van der Waals surface area contributed by atoms with E-state index in [-0.39, 0.29) is 6.04 Å². The second kappa shape index (κ2) is 5.04. The monoisotopic (exact) mass is 303 g/mol. The molecule has 2 aromatic heterocycles. The number of halogens is 3. The minimum Gasteiger partial charge on any atom is -0.348 e. The number of nitrogens with zero attached hydrogens (tertiary/aromatic N) is 5. The standard InChI is InChI=1S/C11H12F3N5S/c12-11(13,14)9-7-20-10(16-9)18-4-1-8(2-5-18)19-6-3-15-17-19/h3,6-8H,1-2,4-5H2. The first-order valence-corrected chi connectivity index (χ1v) is 7.05. The lowest BCUT2D eigenvalue weighted by Crippen LogP contribution is -2.34. The highest BCUT2D eigenvalue weighted by molar-refractivity contribution is 7.13. The van der Waals surface area contributed by atoms with Crippen LogP contribution in [-0.4, -0.2) is 33.1 Å². The molecule has 0 N–H and O–H groups in total. The molecule has 0 atom stereocenters. The molecule has 0 spiro atoms. The van der Waals surface area contributed by atoms with Gasteiger partial charge >= 0.3 is 6.18 Å². The van der Waals surface area contributed by atoms with Crippen LogP contribution >= 0.6 is 11.3 Å². The normalized spacial score (nSPS) is 17.6. The Kier molecular flexibility index (Phi) is 3.36. The van der Waals surface area contributed by atoms with Gasteiger partial charge in [0.1, 0.15) is 0 Å². The Balaban J connectivity index is 1.65. The molecule has 108 valence electrons. The molecule has 20 heavy (non-hydrogen) atoms. The maximum atomic E-state index is 12.5. The predicted molar refractivity (Wildman–Crippen MR) is 67.6 cm³/mol. The first kappa shape index (κ1) is 13.3. The minimum absolute atomic E-state index is 0.260. The molecule has 0 amide bonds. The average Bonchev–Trinajstić information content (AvgIpc) is 3.10. The van der Waals surface area contributed by atoms with Crippen molar-refractivity contribution in [1.82, 2.24) is 20.0 Å². The second-order valence-corrected chi connectivity index (χ2v) is 5.45. The number of aromatic nitrogens is 4. The van der Waals surface area contributed by atoms with Crippen LogP contribution in [0.4, 0.5) is 18.3 Å². The summed E-state index contributed by atoms with van der Waals surface area (Å²) in [5.41, 5.74) is -0.809. The van der Waals surface area contributed by atoms with Crippen molar-refractivity contribution in [3.8, 4) is 0 Å². The SMILES string of the molecule is FC(F)(F)c1csc(N2CCC(n3ccnn3)CC2)n1. The van der Waals surface area contributed by atoms with Crippen LogP contribution in [0, 0.1) is 0 Å². The molecular formula is C11H12F3N5S. The van der Waals surface area contributed by atoms with Gasteiger partial charge in [-0.25, -0.2) is 9.67 Å². The first-order chi connectivity index (χ1) is 9.54. The Morgan fingerprint density at radius 2 is 2.00 bits per heavy atom. The van der Waals surface area contributed by atoms with E-state index < -0.39 is 11.9 Å². The minimum atomic E-state index is -4.37. The Bertz CT molecular complexity index is 557. The van der Waals surface area contributed by atoms with Crippen molar-refractivity contribution in [2.75, 3.05) is 18.0 Å². The maximum absolute atomic E-state index is 12.5. The molecule has 5 nitrogen and oxygen atoms in total. The highest BCUT2D eigenvalue weighted by Gasteiger charge is 2.34. The van der Waals surface area contributed by atoms with Crippen LogP contribution in [0.3, 0.4) is 0 Å². The van der Waals surface area contributed by atoms with Crippen LogP contribution in [-0.2, 0) is 6.18 Å². The molecule has 1 aliphatic rings. The first-order valence-electron chi connectivity index (χ1n) is 6.17. The molecule has 0 radical (unpaired) electrons. The van der Waals surface area contributed by atoms with E-state index in [0.29, 0.717) is 18.2 Å². The number of piperidine rings is 1. The van der Waals surface area contributed by atoms with Gasteiger partial charge in [0, 0.05) is 24.7 Å². The summed E-state index contributed by atoms with van der Waals surface area (Å²) in [5, 5.41) is 9.24. The van der Waals surface area contributed by atoms with Gasteiger partial charge in [-0.05, 0) is 12.8 Å². The van der Waals surface area contributed by atoms with Crippen molar-refractivity contribution in [3.05, 3.63) is 23.5 Å². The van der Waals surface area contributed by atoms with Crippen molar-refractivity contribution in [3.63, 3.8) is 0 Å². The molecule has 3 rings (SSSR count). The lowest BCUT2D eigenvalue weighted by atomic mass is 10.1. The van der Waals surface area contributed by atoms with Crippen LogP contribution in [0.25, 0.3) is 0 Å². The summed E-state index contributed by atoms with van der Waals surface area (Å²) in [6.07, 6.45) is 0.719. The summed E-state index contributed by atoms with van der Waals surface area (Å²) in [6.45, 7) is 1.35. The topological polar surface area (TPSA) is 46.8 Å². The average molecular weight is 303 g/mol. The molecule has 1 aliphatic heterocycles. The smallest absolute Gasteiger partial charge is 0.348 e. The Labute approximate surface area is 117 Å². The summed E-state index contributed by atoms with van der Waals surface area (Å²) in [5.74, 6) is 0. The van der Waals surface area contributed by atoms with Crippen LogP contribution in [0.1, 0.15) is 24.6 Å². The third-order valence-corrected chi connectivity index (χ3v) is 4.23. The molecule has 0 aromatic carbocycles. The van der Waals surface area contributed by atoms with E-state index in [1.54, 1.807) is 10.9 Å².